The van der Waals surface area contributed by atoms with Crippen molar-refractivity contribution in [1.82, 2.24) is 4.90 Å². The van der Waals surface area contributed by atoms with Gasteiger partial charge in [-0.05, 0) is 32.4 Å². The van der Waals surface area contributed by atoms with Gasteiger partial charge in [-0.2, -0.15) is 0 Å². The van der Waals surface area contributed by atoms with Gasteiger partial charge in [0.05, 0.1) is 4.99 Å². The molecule has 2 N–H and O–H groups in total. The summed E-state index contributed by atoms with van der Waals surface area (Å²) in [5.41, 5.74) is 5.42. The van der Waals surface area contributed by atoms with Crippen LogP contribution in [0.15, 0.2) is 0 Å². The first-order chi connectivity index (χ1) is 6.02. The van der Waals surface area contributed by atoms with E-state index in [0.717, 1.165) is 25.4 Å². The van der Waals surface area contributed by atoms with Crippen molar-refractivity contribution in [1.29, 1.82) is 0 Å². The quantitative estimate of drug-likeness (QED) is 0.641. The SMILES string of the molecule is CC(C)CCCN(C)CCC(N)=S. The van der Waals surface area contributed by atoms with Crippen LogP contribution in [0.25, 0.3) is 0 Å². The molecule has 0 aliphatic heterocycles. The van der Waals surface area contributed by atoms with Crippen LogP contribution in [-0.4, -0.2) is 30.0 Å². The maximum atomic E-state index is 5.42. The van der Waals surface area contributed by atoms with Gasteiger partial charge in [0, 0.05) is 13.0 Å². The third kappa shape index (κ3) is 9.77. The first-order valence-corrected chi connectivity index (χ1v) is 5.40. The second-order valence-electron chi connectivity index (χ2n) is 4.06. The number of nitrogens with two attached hydrogens (primary N) is 1. The molecule has 0 aromatic carbocycles. The third-order valence-electron chi connectivity index (χ3n) is 2.06. The molecule has 2 nitrogen and oxygen atoms in total. The van der Waals surface area contributed by atoms with E-state index in [1.807, 2.05) is 0 Å². The fraction of sp³-hybridized carbons (Fsp3) is 0.900. The predicted molar refractivity (Wildman–Crippen MR) is 63.0 cm³/mol. The van der Waals surface area contributed by atoms with Gasteiger partial charge in [0.15, 0.2) is 0 Å². The van der Waals surface area contributed by atoms with Crippen molar-refractivity contribution in [2.45, 2.75) is 33.1 Å². The van der Waals surface area contributed by atoms with E-state index < -0.39 is 0 Å². The molecule has 0 rings (SSSR count). The van der Waals surface area contributed by atoms with Crippen LogP contribution in [0.1, 0.15) is 33.1 Å². The summed E-state index contributed by atoms with van der Waals surface area (Å²) >= 11 is 4.82. The minimum atomic E-state index is 0.621. The maximum absolute atomic E-state index is 5.42. The summed E-state index contributed by atoms with van der Waals surface area (Å²) in [6.45, 7) is 6.66. The second kappa shape index (κ2) is 7.27. The lowest BCUT2D eigenvalue weighted by molar-refractivity contribution is 0.326. The highest BCUT2D eigenvalue weighted by molar-refractivity contribution is 7.80. The van der Waals surface area contributed by atoms with Gasteiger partial charge in [0.25, 0.3) is 0 Å². The third-order valence-corrected chi connectivity index (χ3v) is 2.27. The van der Waals surface area contributed by atoms with Crippen molar-refractivity contribution >= 4 is 17.2 Å². The van der Waals surface area contributed by atoms with E-state index in [1.165, 1.54) is 12.8 Å². The zero-order chi connectivity index (χ0) is 10.3. The van der Waals surface area contributed by atoms with Crippen LogP contribution in [0.4, 0.5) is 0 Å². The Hall–Kier alpha value is -0.150. The van der Waals surface area contributed by atoms with Gasteiger partial charge in [-0.25, -0.2) is 0 Å². The number of rotatable bonds is 7. The minimum Gasteiger partial charge on any atom is -0.393 e. The molecule has 0 aliphatic carbocycles. The molecule has 0 bridgehead atoms. The van der Waals surface area contributed by atoms with Crippen LogP contribution < -0.4 is 5.73 Å². The first kappa shape index (κ1) is 12.8. The number of nitrogens with zero attached hydrogens (tertiary/aromatic N) is 1. The zero-order valence-corrected chi connectivity index (χ0v) is 9.86. The Morgan fingerprint density at radius 2 is 2.00 bits per heavy atom. The monoisotopic (exact) mass is 202 g/mol. The van der Waals surface area contributed by atoms with Crippen LogP contribution in [0.5, 0.6) is 0 Å². The summed E-state index contributed by atoms with van der Waals surface area (Å²) in [5.74, 6) is 0.809. The van der Waals surface area contributed by atoms with E-state index in [0.29, 0.717) is 4.99 Å². The van der Waals surface area contributed by atoms with Gasteiger partial charge in [-0.15, -0.1) is 0 Å². The average molecular weight is 202 g/mol. The zero-order valence-electron chi connectivity index (χ0n) is 9.05. The summed E-state index contributed by atoms with van der Waals surface area (Å²) < 4.78 is 0. The van der Waals surface area contributed by atoms with Gasteiger partial charge in [-0.1, -0.05) is 26.1 Å². The highest BCUT2D eigenvalue weighted by atomic mass is 32.1. The summed E-state index contributed by atoms with van der Waals surface area (Å²) in [5, 5.41) is 0. The van der Waals surface area contributed by atoms with Gasteiger partial charge in [0.2, 0.25) is 0 Å². The fourth-order valence-corrected chi connectivity index (χ4v) is 1.27. The highest BCUT2D eigenvalue weighted by Gasteiger charge is 2.00. The lowest BCUT2D eigenvalue weighted by atomic mass is 10.1. The van der Waals surface area contributed by atoms with Crippen molar-refractivity contribution < 1.29 is 0 Å². The van der Waals surface area contributed by atoms with Crippen LogP contribution in [0.2, 0.25) is 0 Å². The summed E-state index contributed by atoms with van der Waals surface area (Å²) in [4.78, 5) is 2.91. The Labute approximate surface area is 87.5 Å². The molecule has 0 radical (unpaired) electrons. The molecule has 0 aromatic heterocycles. The fourth-order valence-electron chi connectivity index (χ4n) is 1.18. The molecule has 0 amide bonds. The molecule has 0 fully saturated rings. The van der Waals surface area contributed by atoms with E-state index in [2.05, 4.69) is 25.8 Å². The molecule has 3 heteroatoms. The van der Waals surface area contributed by atoms with Crippen LogP contribution >= 0.6 is 12.2 Å². The topological polar surface area (TPSA) is 29.3 Å². The maximum Gasteiger partial charge on any atom is 0.0740 e. The predicted octanol–water partition coefficient (Wildman–Crippen LogP) is 2.03. The van der Waals surface area contributed by atoms with Crippen LogP contribution in [0, 0.1) is 5.92 Å². The molecule has 0 heterocycles. The molecular weight excluding hydrogens is 180 g/mol. The Morgan fingerprint density at radius 1 is 1.38 bits per heavy atom. The van der Waals surface area contributed by atoms with Crippen molar-refractivity contribution in [3.63, 3.8) is 0 Å². The normalized spacial score (nSPS) is 11.2. The molecule has 0 saturated carbocycles. The molecule has 0 aromatic rings. The first-order valence-electron chi connectivity index (χ1n) is 4.99. The summed E-state index contributed by atoms with van der Waals surface area (Å²) in [7, 11) is 2.12. The molecule has 0 spiro atoms. The van der Waals surface area contributed by atoms with Crippen LogP contribution in [0.3, 0.4) is 0 Å². The van der Waals surface area contributed by atoms with Crippen LogP contribution in [-0.2, 0) is 0 Å². The Kier molecular flexibility index (Phi) is 7.19. The van der Waals surface area contributed by atoms with Gasteiger partial charge < -0.3 is 10.6 Å². The lowest BCUT2D eigenvalue weighted by Gasteiger charge is -2.16. The second-order valence-corrected chi connectivity index (χ2v) is 4.58. The van der Waals surface area contributed by atoms with Crippen molar-refractivity contribution in [3.8, 4) is 0 Å². The Bertz CT molecular complexity index is 146. The van der Waals surface area contributed by atoms with E-state index >= 15 is 0 Å². The minimum absolute atomic E-state index is 0.621. The molecule has 0 atom stereocenters. The standard InChI is InChI=1S/C10H22N2S/c1-9(2)5-4-7-12(3)8-6-10(11)13/h9H,4-8H2,1-3H3,(H2,11,13). The largest absolute Gasteiger partial charge is 0.393 e. The Morgan fingerprint density at radius 3 is 2.46 bits per heavy atom. The van der Waals surface area contributed by atoms with E-state index in [9.17, 15) is 0 Å². The van der Waals surface area contributed by atoms with Crippen molar-refractivity contribution in [3.05, 3.63) is 0 Å². The Balaban J connectivity index is 3.30. The number of hydrogen-bond acceptors (Lipinski definition) is 2. The number of hydrogen-bond donors (Lipinski definition) is 1. The lowest BCUT2D eigenvalue weighted by Crippen LogP contribution is -2.24. The van der Waals surface area contributed by atoms with Crippen molar-refractivity contribution in [2.75, 3.05) is 20.1 Å². The van der Waals surface area contributed by atoms with Gasteiger partial charge in [-0.3, -0.25) is 0 Å². The summed E-state index contributed by atoms with van der Waals surface area (Å²) in [6, 6.07) is 0. The summed E-state index contributed by atoms with van der Waals surface area (Å²) in [6.07, 6.45) is 3.41. The van der Waals surface area contributed by atoms with Gasteiger partial charge in [0.1, 0.15) is 0 Å². The van der Waals surface area contributed by atoms with Gasteiger partial charge >= 0.3 is 0 Å². The molecule has 0 aliphatic rings. The van der Waals surface area contributed by atoms with E-state index in [1.54, 1.807) is 0 Å². The molecule has 0 saturated heterocycles. The smallest absolute Gasteiger partial charge is 0.0740 e. The molecular formula is C10H22N2S. The van der Waals surface area contributed by atoms with E-state index in [-0.39, 0.29) is 0 Å². The average Bonchev–Trinajstić information content (AvgIpc) is 2.00. The van der Waals surface area contributed by atoms with Crippen molar-refractivity contribution in [2.24, 2.45) is 11.7 Å². The molecule has 0 unspecified atom stereocenters. The molecule has 78 valence electrons. The number of thiocarbonyl (C=S) groups is 1. The van der Waals surface area contributed by atoms with E-state index in [4.69, 9.17) is 18.0 Å². The highest BCUT2D eigenvalue weighted by Crippen LogP contribution is 2.04. The molecule has 13 heavy (non-hydrogen) atoms.